The van der Waals surface area contributed by atoms with Crippen molar-refractivity contribution in [1.29, 1.82) is 0 Å². The van der Waals surface area contributed by atoms with Crippen LogP contribution in [0.5, 0.6) is 0 Å². The minimum Gasteiger partial charge on any atom is -0.207 e. The molecule has 2 heteroatoms. The number of hydrogen-bond acceptors (Lipinski definition) is 0. The summed E-state index contributed by atoms with van der Waals surface area (Å²) in [6.07, 6.45) is 4.94. The van der Waals surface area contributed by atoms with E-state index in [-0.39, 0.29) is 11.2 Å². The van der Waals surface area contributed by atoms with Gasteiger partial charge in [0.05, 0.1) is 5.38 Å². The summed E-state index contributed by atoms with van der Waals surface area (Å²) in [5.41, 5.74) is 3.13. The third-order valence-electron chi connectivity index (χ3n) is 4.31. The summed E-state index contributed by atoms with van der Waals surface area (Å²) in [6, 6.07) is 3.20. The van der Waals surface area contributed by atoms with Gasteiger partial charge in [-0.1, -0.05) is 19.8 Å². The Morgan fingerprint density at radius 1 is 1.11 bits per heavy atom. The Morgan fingerprint density at radius 3 is 2.11 bits per heavy atom. The Balaban J connectivity index is 2.21. The van der Waals surface area contributed by atoms with E-state index in [0.29, 0.717) is 5.92 Å². The van der Waals surface area contributed by atoms with Crippen molar-refractivity contribution in [3.05, 3.63) is 34.6 Å². The topological polar surface area (TPSA) is 0 Å². The fraction of sp³-hybridized carbons (Fsp3) is 0.625. The van der Waals surface area contributed by atoms with Gasteiger partial charge >= 0.3 is 0 Å². The summed E-state index contributed by atoms with van der Waals surface area (Å²) in [5, 5.41) is 0.0399. The second-order valence-electron chi connectivity index (χ2n) is 5.87. The van der Waals surface area contributed by atoms with Crippen LogP contribution in [0.15, 0.2) is 12.1 Å². The number of halogens is 2. The van der Waals surface area contributed by atoms with E-state index in [9.17, 15) is 4.39 Å². The molecule has 1 fully saturated rings. The van der Waals surface area contributed by atoms with Gasteiger partial charge in [0, 0.05) is 0 Å². The van der Waals surface area contributed by atoms with E-state index in [1.807, 2.05) is 13.8 Å². The third kappa shape index (κ3) is 2.88. The Kier molecular flexibility index (Phi) is 4.32. The molecule has 1 saturated carbocycles. The van der Waals surface area contributed by atoms with Gasteiger partial charge in [0.1, 0.15) is 5.82 Å². The fourth-order valence-electron chi connectivity index (χ4n) is 3.17. The molecule has 0 saturated heterocycles. The highest BCUT2D eigenvalue weighted by Gasteiger charge is 2.27. The summed E-state index contributed by atoms with van der Waals surface area (Å²) in [7, 11) is 0. The molecule has 0 amide bonds. The Bertz CT molecular complexity index is 396. The SMILES string of the molecule is Cc1cc(F)cc(C)c1C(Cl)C1CCC(C)CC1. The third-order valence-corrected chi connectivity index (χ3v) is 4.88. The molecule has 0 heterocycles. The molecule has 0 radical (unpaired) electrons. The fourth-order valence-corrected chi connectivity index (χ4v) is 3.77. The van der Waals surface area contributed by atoms with Crippen molar-refractivity contribution in [2.75, 3.05) is 0 Å². The average molecular weight is 269 g/mol. The van der Waals surface area contributed by atoms with Gasteiger partial charge in [0.25, 0.3) is 0 Å². The maximum absolute atomic E-state index is 13.3. The molecule has 18 heavy (non-hydrogen) atoms. The first-order valence-corrected chi connectivity index (χ1v) is 7.33. The smallest absolute Gasteiger partial charge is 0.123 e. The summed E-state index contributed by atoms with van der Waals surface area (Å²) >= 11 is 6.67. The molecule has 1 aromatic carbocycles. The lowest BCUT2D eigenvalue weighted by Crippen LogP contribution is -2.17. The molecule has 0 aliphatic heterocycles. The van der Waals surface area contributed by atoms with Crippen LogP contribution in [0.25, 0.3) is 0 Å². The first-order chi connectivity index (χ1) is 8.49. The number of benzene rings is 1. The Labute approximate surface area is 115 Å². The van der Waals surface area contributed by atoms with E-state index < -0.39 is 0 Å². The van der Waals surface area contributed by atoms with Gasteiger partial charge < -0.3 is 0 Å². The van der Waals surface area contributed by atoms with Gasteiger partial charge in [-0.2, -0.15) is 0 Å². The highest BCUT2D eigenvalue weighted by molar-refractivity contribution is 6.21. The van der Waals surface area contributed by atoms with Gasteiger partial charge in [0.2, 0.25) is 0 Å². The average Bonchev–Trinajstić information content (AvgIpc) is 2.28. The molecule has 0 bridgehead atoms. The first-order valence-electron chi connectivity index (χ1n) is 6.89. The van der Waals surface area contributed by atoms with Crippen LogP contribution in [0.1, 0.15) is 54.7 Å². The maximum atomic E-state index is 13.3. The molecule has 1 aromatic rings. The van der Waals surface area contributed by atoms with Crippen LogP contribution >= 0.6 is 11.6 Å². The molecule has 0 N–H and O–H groups in total. The summed E-state index contributed by atoms with van der Waals surface area (Å²) in [5.74, 6) is 1.22. The van der Waals surface area contributed by atoms with Crippen LogP contribution in [0.3, 0.4) is 0 Å². The zero-order valence-corrected chi connectivity index (χ0v) is 12.2. The quantitative estimate of drug-likeness (QED) is 0.617. The molecule has 0 aromatic heterocycles. The molecular weight excluding hydrogens is 247 g/mol. The molecule has 2 rings (SSSR count). The number of hydrogen-bond donors (Lipinski definition) is 0. The second-order valence-corrected chi connectivity index (χ2v) is 6.35. The highest BCUT2D eigenvalue weighted by atomic mass is 35.5. The maximum Gasteiger partial charge on any atom is 0.123 e. The summed E-state index contributed by atoms with van der Waals surface area (Å²) in [6.45, 7) is 6.24. The lowest BCUT2D eigenvalue weighted by Gasteiger charge is -2.31. The molecule has 1 atom stereocenters. The zero-order chi connectivity index (χ0) is 13.3. The Hall–Kier alpha value is -0.560. The van der Waals surface area contributed by atoms with Crippen molar-refractivity contribution in [1.82, 2.24) is 0 Å². The van der Waals surface area contributed by atoms with Crippen LogP contribution in [0.4, 0.5) is 4.39 Å². The van der Waals surface area contributed by atoms with E-state index in [1.165, 1.54) is 25.7 Å². The molecule has 1 aliphatic rings. The summed E-state index contributed by atoms with van der Waals surface area (Å²) in [4.78, 5) is 0. The van der Waals surface area contributed by atoms with Gasteiger partial charge in [-0.15, -0.1) is 11.6 Å². The Morgan fingerprint density at radius 2 is 1.61 bits per heavy atom. The predicted octanol–water partition coefficient (Wildman–Crippen LogP) is 5.55. The van der Waals surface area contributed by atoms with Gasteiger partial charge in [0.15, 0.2) is 0 Å². The normalized spacial score (nSPS) is 26.1. The monoisotopic (exact) mass is 268 g/mol. The van der Waals surface area contributed by atoms with Crippen molar-refractivity contribution in [2.24, 2.45) is 11.8 Å². The molecule has 0 spiro atoms. The number of aryl methyl sites for hydroxylation is 2. The van der Waals surface area contributed by atoms with E-state index in [0.717, 1.165) is 22.6 Å². The van der Waals surface area contributed by atoms with Gasteiger partial charge in [-0.25, -0.2) is 4.39 Å². The van der Waals surface area contributed by atoms with E-state index in [1.54, 1.807) is 12.1 Å². The number of rotatable bonds is 2. The van der Waals surface area contributed by atoms with Crippen molar-refractivity contribution in [3.63, 3.8) is 0 Å². The largest absolute Gasteiger partial charge is 0.207 e. The van der Waals surface area contributed by atoms with Crippen molar-refractivity contribution in [3.8, 4) is 0 Å². The molecule has 100 valence electrons. The predicted molar refractivity (Wildman–Crippen MR) is 75.6 cm³/mol. The molecule has 0 nitrogen and oxygen atoms in total. The second kappa shape index (κ2) is 5.61. The molecular formula is C16H22ClF. The van der Waals surface area contributed by atoms with E-state index in [4.69, 9.17) is 11.6 Å². The van der Waals surface area contributed by atoms with Gasteiger partial charge in [-0.3, -0.25) is 0 Å². The minimum atomic E-state index is -0.158. The van der Waals surface area contributed by atoms with E-state index >= 15 is 0 Å². The number of alkyl halides is 1. The minimum absolute atomic E-state index is 0.0399. The molecule has 1 aliphatic carbocycles. The van der Waals surface area contributed by atoms with Crippen LogP contribution in [-0.2, 0) is 0 Å². The van der Waals surface area contributed by atoms with Crippen LogP contribution in [-0.4, -0.2) is 0 Å². The first kappa shape index (κ1) is 13.9. The van der Waals surface area contributed by atoms with Crippen LogP contribution in [0.2, 0.25) is 0 Å². The van der Waals surface area contributed by atoms with Crippen molar-refractivity contribution >= 4 is 11.6 Å². The van der Waals surface area contributed by atoms with Gasteiger partial charge in [-0.05, 0) is 67.3 Å². The lowest BCUT2D eigenvalue weighted by molar-refractivity contribution is 0.283. The highest BCUT2D eigenvalue weighted by Crippen LogP contribution is 2.42. The van der Waals surface area contributed by atoms with Crippen molar-refractivity contribution in [2.45, 2.75) is 51.8 Å². The summed E-state index contributed by atoms with van der Waals surface area (Å²) < 4.78 is 13.3. The lowest BCUT2D eigenvalue weighted by atomic mass is 9.78. The zero-order valence-electron chi connectivity index (χ0n) is 11.5. The van der Waals surface area contributed by atoms with E-state index in [2.05, 4.69) is 6.92 Å². The molecule has 1 unspecified atom stereocenters. The van der Waals surface area contributed by atoms with Crippen molar-refractivity contribution < 1.29 is 4.39 Å². The van der Waals surface area contributed by atoms with Crippen LogP contribution < -0.4 is 0 Å². The van der Waals surface area contributed by atoms with Crippen LogP contribution in [0, 0.1) is 31.5 Å². The standard InChI is InChI=1S/C16H22ClF/c1-10-4-6-13(7-5-10)16(17)15-11(2)8-14(18)9-12(15)3/h8-10,13,16H,4-7H2,1-3H3.